The van der Waals surface area contributed by atoms with Crippen molar-refractivity contribution in [1.29, 1.82) is 5.26 Å². The second-order valence-corrected chi connectivity index (χ2v) is 5.23. The number of nitrogens with zero attached hydrogens (tertiary/aromatic N) is 1. The highest BCUT2D eigenvalue weighted by atomic mass is 79.9. The predicted octanol–water partition coefficient (Wildman–Crippen LogP) is 2.85. The van der Waals surface area contributed by atoms with Gasteiger partial charge in [0.1, 0.15) is 6.07 Å². The first-order valence-electron chi connectivity index (χ1n) is 5.97. The van der Waals surface area contributed by atoms with Crippen molar-refractivity contribution in [3.8, 4) is 6.07 Å². The number of rotatable bonds is 5. The zero-order valence-electron chi connectivity index (χ0n) is 11.7. The second-order valence-electron chi connectivity index (χ2n) is 4.31. The van der Waals surface area contributed by atoms with Crippen LogP contribution in [0.1, 0.15) is 18.9 Å². The van der Waals surface area contributed by atoms with Gasteiger partial charge in [0.15, 0.2) is 0 Å². The van der Waals surface area contributed by atoms with Crippen molar-refractivity contribution >= 4 is 27.9 Å². The number of halogens is 1. The van der Waals surface area contributed by atoms with Gasteiger partial charge in [0.25, 0.3) is 0 Å². The lowest BCUT2D eigenvalue weighted by Gasteiger charge is -2.27. The number of methoxy groups -OCH3 is 1. The number of ether oxygens (including phenoxy) is 2. The van der Waals surface area contributed by atoms with E-state index in [0.29, 0.717) is 5.56 Å². The highest BCUT2D eigenvalue weighted by Gasteiger charge is 2.38. The third-order valence-electron chi connectivity index (χ3n) is 2.75. The summed E-state index contributed by atoms with van der Waals surface area (Å²) in [6.45, 7) is 4.78. The van der Waals surface area contributed by atoms with Gasteiger partial charge in [0.2, 0.25) is 5.60 Å². The molecular weight excluding hydrogens is 338 g/mol. The fourth-order valence-corrected chi connectivity index (χ4v) is 2.07. The van der Waals surface area contributed by atoms with Gasteiger partial charge in [-0.15, -0.1) is 0 Å². The maximum Gasteiger partial charge on any atom is 0.333 e. The summed E-state index contributed by atoms with van der Waals surface area (Å²) in [4.78, 5) is 22.8. The molecule has 0 aliphatic rings. The summed E-state index contributed by atoms with van der Waals surface area (Å²) in [5.41, 5.74) is -1.12. The summed E-state index contributed by atoms with van der Waals surface area (Å²) in [5.74, 6) is -1.28. The monoisotopic (exact) mass is 351 g/mol. The molecule has 0 saturated carbocycles. The molecule has 110 valence electrons. The van der Waals surface area contributed by atoms with Crippen molar-refractivity contribution in [1.82, 2.24) is 0 Å². The molecule has 1 unspecified atom stereocenters. The molecule has 0 aliphatic carbocycles. The van der Waals surface area contributed by atoms with E-state index in [2.05, 4.69) is 27.2 Å². The van der Waals surface area contributed by atoms with Gasteiger partial charge in [-0.1, -0.05) is 34.6 Å². The van der Waals surface area contributed by atoms with Crippen LogP contribution in [0, 0.1) is 11.3 Å². The van der Waals surface area contributed by atoms with Crippen molar-refractivity contribution in [2.24, 2.45) is 0 Å². The molecule has 0 aliphatic heterocycles. The van der Waals surface area contributed by atoms with E-state index in [1.165, 1.54) is 14.0 Å². The van der Waals surface area contributed by atoms with Crippen LogP contribution >= 0.6 is 15.9 Å². The van der Waals surface area contributed by atoms with Gasteiger partial charge in [-0.2, -0.15) is 5.26 Å². The number of nitriles is 1. The van der Waals surface area contributed by atoms with E-state index >= 15 is 0 Å². The van der Waals surface area contributed by atoms with Crippen LogP contribution in [0.25, 0.3) is 0 Å². The van der Waals surface area contributed by atoms with Crippen LogP contribution in [0.5, 0.6) is 0 Å². The maximum absolute atomic E-state index is 11.5. The molecule has 0 amide bonds. The van der Waals surface area contributed by atoms with Crippen LogP contribution in [0.15, 0.2) is 40.9 Å². The molecule has 21 heavy (non-hydrogen) atoms. The summed E-state index contributed by atoms with van der Waals surface area (Å²) in [6.07, 6.45) is -0.169. The van der Waals surface area contributed by atoms with Crippen molar-refractivity contribution in [3.05, 3.63) is 46.5 Å². The van der Waals surface area contributed by atoms with Crippen molar-refractivity contribution in [3.63, 3.8) is 0 Å². The van der Waals surface area contributed by atoms with Crippen LogP contribution in [-0.4, -0.2) is 19.0 Å². The fraction of sp³-hybridized carbons (Fsp3) is 0.267. The first kappa shape index (κ1) is 16.9. The Morgan fingerprint density at radius 3 is 2.38 bits per heavy atom. The molecule has 0 fully saturated rings. The molecule has 6 heteroatoms. The molecule has 1 aromatic rings. The van der Waals surface area contributed by atoms with E-state index in [1.807, 2.05) is 6.07 Å². The maximum atomic E-state index is 11.5. The van der Waals surface area contributed by atoms with Crippen molar-refractivity contribution in [2.75, 3.05) is 7.11 Å². The van der Waals surface area contributed by atoms with Crippen LogP contribution in [0.3, 0.4) is 0 Å². The molecule has 5 nitrogen and oxygen atoms in total. The lowest BCUT2D eigenvalue weighted by molar-refractivity contribution is -0.153. The number of carbonyl (C=O) groups excluding carboxylic acids is 2. The first-order chi connectivity index (χ1) is 9.84. The van der Waals surface area contributed by atoms with Crippen molar-refractivity contribution < 1.29 is 19.1 Å². The van der Waals surface area contributed by atoms with Gasteiger partial charge in [0, 0.05) is 29.0 Å². The highest BCUT2D eigenvalue weighted by molar-refractivity contribution is 9.10. The first-order valence-corrected chi connectivity index (χ1v) is 6.77. The summed E-state index contributed by atoms with van der Waals surface area (Å²) in [7, 11) is 1.22. The standard InChI is InChI=1S/C15H14BrNO4/c1-10(14(19)20-3)8-15(9-17,21-11(2)18)12-4-6-13(16)7-5-12/h4-7H,1,8H2,2-3H3. The number of carbonyl (C=O) groups is 2. The summed E-state index contributed by atoms with van der Waals surface area (Å²) >= 11 is 3.29. The Kier molecular flexibility index (Phi) is 5.68. The minimum atomic E-state index is -1.61. The number of hydrogen-bond donors (Lipinski definition) is 0. The quantitative estimate of drug-likeness (QED) is 0.602. The average molecular weight is 352 g/mol. The van der Waals surface area contributed by atoms with Gasteiger partial charge in [-0.05, 0) is 12.1 Å². The largest absolute Gasteiger partial charge is 0.466 e. The molecule has 0 radical (unpaired) electrons. The van der Waals surface area contributed by atoms with E-state index < -0.39 is 17.5 Å². The Balaban J connectivity index is 3.25. The zero-order valence-corrected chi connectivity index (χ0v) is 13.3. The van der Waals surface area contributed by atoms with Crippen LogP contribution < -0.4 is 0 Å². The minimum Gasteiger partial charge on any atom is -0.466 e. The fourth-order valence-electron chi connectivity index (χ4n) is 1.81. The number of esters is 2. The van der Waals surface area contributed by atoms with Gasteiger partial charge in [0.05, 0.1) is 7.11 Å². The highest BCUT2D eigenvalue weighted by Crippen LogP contribution is 2.33. The van der Waals surface area contributed by atoms with E-state index in [9.17, 15) is 14.9 Å². The predicted molar refractivity (Wildman–Crippen MR) is 79.0 cm³/mol. The normalized spacial score (nSPS) is 12.7. The number of hydrogen-bond acceptors (Lipinski definition) is 5. The molecule has 0 spiro atoms. The second kappa shape index (κ2) is 7.04. The van der Waals surface area contributed by atoms with E-state index in [-0.39, 0.29) is 12.0 Å². The van der Waals surface area contributed by atoms with Gasteiger partial charge in [-0.25, -0.2) is 4.79 Å². The number of benzene rings is 1. The van der Waals surface area contributed by atoms with Crippen LogP contribution in [0.2, 0.25) is 0 Å². The van der Waals surface area contributed by atoms with E-state index in [0.717, 1.165) is 4.47 Å². The van der Waals surface area contributed by atoms with Gasteiger partial charge < -0.3 is 9.47 Å². The Hall–Kier alpha value is -2.13. The summed E-state index contributed by atoms with van der Waals surface area (Å²) < 4.78 is 10.6. The lowest BCUT2D eigenvalue weighted by Crippen LogP contribution is -2.32. The van der Waals surface area contributed by atoms with Gasteiger partial charge in [-0.3, -0.25) is 4.79 Å². The molecule has 1 atom stereocenters. The van der Waals surface area contributed by atoms with Crippen LogP contribution in [-0.2, 0) is 24.7 Å². The lowest BCUT2D eigenvalue weighted by atomic mass is 9.88. The van der Waals surface area contributed by atoms with E-state index in [4.69, 9.17) is 4.74 Å². The molecular formula is C15H14BrNO4. The van der Waals surface area contributed by atoms with Crippen molar-refractivity contribution in [2.45, 2.75) is 18.9 Å². The third kappa shape index (κ3) is 4.17. The topological polar surface area (TPSA) is 76.4 Å². The smallest absolute Gasteiger partial charge is 0.333 e. The average Bonchev–Trinajstić information content (AvgIpc) is 2.45. The Bertz CT molecular complexity index is 603. The third-order valence-corrected chi connectivity index (χ3v) is 3.27. The Morgan fingerprint density at radius 1 is 1.38 bits per heavy atom. The SMILES string of the molecule is C=C(CC(C#N)(OC(C)=O)c1ccc(Br)cc1)C(=O)OC. The van der Waals surface area contributed by atoms with Gasteiger partial charge >= 0.3 is 11.9 Å². The molecule has 0 saturated heterocycles. The summed E-state index contributed by atoms with van der Waals surface area (Å²) in [6, 6.07) is 8.67. The molecule has 0 aromatic heterocycles. The molecule has 1 rings (SSSR count). The molecule has 0 N–H and O–H groups in total. The van der Waals surface area contributed by atoms with E-state index in [1.54, 1.807) is 24.3 Å². The minimum absolute atomic E-state index is 0.0446. The Morgan fingerprint density at radius 2 is 1.95 bits per heavy atom. The molecule has 0 bridgehead atoms. The van der Waals surface area contributed by atoms with Crippen LogP contribution in [0.4, 0.5) is 0 Å². The molecule has 0 heterocycles. The zero-order chi connectivity index (χ0) is 16.0. The summed E-state index contributed by atoms with van der Waals surface area (Å²) in [5, 5.41) is 9.52. The molecule has 1 aromatic carbocycles. The Labute approximate surface area is 131 Å².